The molecular formula is C12H11BrN2. The highest BCUT2D eigenvalue weighted by atomic mass is 79.9. The molecule has 2 N–H and O–H groups in total. The lowest BCUT2D eigenvalue weighted by Gasteiger charge is -2.11. The number of benzene rings is 1. The highest BCUT2D eigenvalue weighted by Gasteiger charge is 2.08. The molecular weight excluding hydrogens is 252 g/mol. The first-order valence-corrected chi connectivity index (χ1v) is 5.47. The molecule has 0 saturated carbocycles. The molecule has 1 unspecified atom stereocenters. The van der Waals surface area contributed by atoms with Gasteiger partial charge >= 0.3 is 0 Å². The summed E-state index contributed by atoms with van der Waals surface area (Å²) in [6.07, 6.45) is 3.54. The second-order valence-electron chi connectivity index (χ2n) is 3.32. The molecule has 2 aromatic rings. The van der Waals surface area contributed by atoms with Crippen molar-refractivity contribution in [2.45, 2.75) is 6.04 Å². The molecule has 1 aromatic heterocycles. The second-order valence-corrected chi connectivity index (χ2v) is 4.23. The fourth-order valence-electron chi connectivity index (χ4n) is 1.45. The third-order valence-electron chi connectivity index (χ3n) is 2.25. The van der Waals surface area contributed by atoms with E-state index < -0.39 is 0 Å². The monoisotopic (exact) mass is 262 g/mol. The van der Waals surface area contributed by atoms with Crippen LogP contribution in [-0.4, -0.2) is 4.98 Å². The summed E-state index contributed by atoms with van der Waals surface area (Å²) in [7, 11) is 0. The summed E-state index contributed by atoms with van der Waals surface area (Å²) in [5, 5.41) is 0. The van der Waals surface area contributed by atoms with E-state index in [0.717, 1.165) is 15.6 Å². The van der Waals surface area contributed by atoms with Crippen LogP contribution in [0.2, 0.25) is 0 Å². The zero-order valence-electron chi connectivity index (χ0n) is 8.10. The molecule has 0 aliphatic carbocycles. The predicted molar refractivity (Wildman–Crippen MR) is 64.4 cm³/mol. The van der Waals surface area contributed by atoms with Gasteiger partial charge in [0, 0.05) is 16.9 Å². The molecule has 1 heterocycles. The number of hydrogen-bond donors (Lipinski definition) is 1. The Morgan fingerprint density at radius 2 is 1.93 bits per heavy atom. The fourth-order valence-corrected chi connectivity index (χ4v) is 1.87. The van der Waals surface area contributed by atoms with E-state index in [1.807, 2.05) is 36.4 Å². The first-order chi connectivity index (χ1) is 7.27. The number of halogens is 1. The Balaban J connectivity index is 2.32. The Morgan fingerprint density at radius 1 is 1.13 bits per heavy atom. The summed E-state index contributed by atoms with van der Waals surface area (Å²) in [6, 6.07) is 11.8. The smallest absolute Gasteiger partial charge is 0.0567 e. The molecule has 76 valence electrons. The Kier molecular flexibility index (Phi) is 3.14. The topological polar surface area (TPSA) is 38.9 Å². The van der Waals surface area contributed by atoms with Crippen LogP contribution in [0.5, 0.6) is 0 Å². The van der Waals surface area contributed by atoms with Gasteiger partial charge in [0.2, 0.25) is 0 Å². The Hall–Kier alpha value is -1.19. The average Bonchev–Trinajstić information content (AvgIpc) is 2.29. The summed E-state index contributed by atoms with van der Waals surface area (Å²) in [4.78, 5) is 4.06. The van der Waals surface area contributed by atoms with Crippen LogP contribution in [-0.2, 0) is 0 Å². The third kappa shape index (κ3) is 2.43. The van der Waals surface area contributed by atoms with Gasteiger partial charge in [0.15, 0.2) is 0 Å². The maximum absolute atomic E-state index is 6.12. The van der Waals surface area contributed by atoms with Crippen LogP contribution in [0, 0.1) is 0 Å². The number of nitrogens with zero attached hydrogens (tertiary/aromatic N) is 1. The van der Waals surface area contributed by atoms with Crippen molar-refractivity contribution >= 4 is 15.9 Å². The van der Waals surface area contributed by atoms with Gasteiger partial charge in [0.05, 0.1) is 6.04 Å². The summed E-state index contributed by atoms with van der Waals surface area (Å²) in [5.74, 6) is 0. The summed E-state index contributed by atoms with van der Waals surface area (Å²) < 4.78 is 1.04. The van der Waals surface area contributed by atoms with E-state index in [4.69, 9.17) is 5.73 Å². The molecule has 0 radical (unpaired) electrons. The van der Waals surface area contributed by atoms with Gasteiger partial charge < -0.3 is 5.73 Å². The second kappa shape index (κ2) is 4.55. The molecule has 0 aliphatic rings. The first-order valence-electron chi connectivity index (χ1n) is 4.68. The lowest BCUT2D eigenvalue weighted by molar-refractivity contribution is 0.862. The van der Waals surface area contributed by atoms with Gasteiger partial charge in [-0.2, -0.15) is 0 Å². The summed E-state index contributed by atoms with van der Waals surface area (Å²) >= 11 is 3.43. The first kappa shape index (κ1) is 10.3. The van der Waals surface area contributed by atoms with Crippen molar-refractivity contribution < 1.29 is 0 Å². The van der Waals surface area contributed by atoms with Gasteiger partial charge in [-0.3, -0.25) is 4.98 Å². The van der Waals surface area contributed by atoms with E-state index in [0.29, 0.717) is 0 Å². The predicted octanol–water partition coefficient (Wildman–Crippen LogP) is 2.89. The molecule has 0 bridgehead atoms. The van der Waals surface area contributed by atoms with Crippen molar-refractivity contribution in [1.82, 2.24) is 4.98 Å². The highest BCUT2D eigenvalue weighted by Crippen LogP contribution is 2.21. The van der Waals surface area contributed by atoms with Crippen LogP contribution in [0.1, 0.15) is 17.2 Å². The van der Waals surface area contributed by atoms with Crippen LogP contribution in [0.3, 0.4) is 0 Å². The number of hydrogen-bond acceptors (Lipinski definition) is 2. The zero-order chi connectivity index (χ0) is 10.7. The Labute approximate surface area is 97.3 Å². The minimum absolute atomic E-state index is 0.115. The van der Waals surface area contributed by atoms with E-state index in [1.165, 1.54) is 0 Å². The minimum Gasteiger partial charge on any atom is -0.320 e. The van der Waals surface area contributed by atoms with Crippen molar-refractivity contribution in [2.24, 2.45) is 5.73 Å². The fraction of sp³-hybridized carbons (Fsp3) is 0.0833. The maximum atomic E-state index is 6.12. The molecule has 0 fully saturated rings. The minimum atomic E-state index is -0.115. The summed E-state index contributed by atoms with van der Waals surface area (Å²) in [6.45, 7) is 0. The van der Waals surface area contributed by atoms with Crippen molar-refractivity contribution in [3.8, 4) is 0 Å². The lowest BCUT2D eigenvalue weighted by Crippen LogP contribution is -2.11. The van der Waals surface area contributed by atoms with E-state index in [2.05, 4.69) is 20.9 Å². The van der Waals surface area contributed by atoms with Crippen molar-refractivity contribution in [3.05, 3.63) is 64.4 Å². The third-order valence-corrected chi connectivity index (χ3v) is 2.74. The quantitative estimate of drug-likeness (QED) is 0.904. The molecule has 0 aliphatic heterocycles. The van der Waals surface area contributed by atoms with Gasteiger partial charge in [-0.05, 0) is 29.3 Å². The van der Waals surface area contributed by atoms with Crippen LogP contribution >= 0.6 is 15.9 Å². The Bertz CT molecular complexity index is 442. The molecule has 3 heteroatoms. The molecule has 0 saturated heterocycles. The maximum Gasteiger partial charge on any atom is 0.0567 e. The van der Waals surface area contributed by atoms with Crippen molar-refractivity contribution in [3.63, 3.8) is 0 Å². The molecule has 2 nitrogen and oxygen atoms in total. The van der Waals surface area contributed by atoms with Gasteiger partial charge in [0.25, 0.3) is 0 Å². The van der Waals surface area contributed by atoms with Crippen molar-refractivity contribution in [2.75, 3.05) is 0 Å². The van der Waals surface area contributed by atoms with Crippen molar-refractivity contribution in [1.29, 1.82) is 0 Å². The number of nitrogens with two attached hydrogens (primary N) is 1. The number of pyridine rings is 1. The number of aromatic nitrogens is 1. The largest absolute Gasteiger partial charge is 0.320 e. The molecule has 15 heavy (non-hydrogen) atoms. The van der Waals surface area contributed by atoms with Gasteiger partial charge in [-0.1, -0.05) is 34.1 Å². The normalized spacial score (nSPS) is 12.4. The van der Waals surface area contributed by atoms with Crippen LogP contribution in [0.15, 0.2) is 53.3 Å². The highest BCUT2D eigenvalue weighted by molar-refractivity contribution is 9.10. The van der Waals surface area contributed by atoms with Crippen LogP contribution in [0.25, 0.3) is 0 Å². The molecule has 1 atom stereocenters. The number of rotatable bonds is 2. The standard InChI is InChI=1S/C12H11BrN2/c13-11-5-1-3-9(7-11)12(14)10-4-2-6-15-8-10/h1-8,12H,14H2. The molecule has 1 aromatic carbocycles. The van der Waals surface area contributed by atoms with E-state index in [-0.39, 0.29) is 6.04 Å². The average molecular weight is 263 g/mol. The molecule has 2 rings (SSSR count). The molecule has 0 spiro atoms. The van der Waals surface area contributed by atoms with E-state index in [9.17, 15) is 0 Å². The summed E-state index contributed by atoms with van der Waals surface area (Å²) in [5.41, 5.74) is 8.23. The van der Waals surface area contributed by atoms with Gasteiger partial charge in [-0.15, -0.1) is 0 Å². The Morgan fingerprint density at radius 3 is 2.60 bits per heavy atom. The van der Waals surface area contributed by atoms with Gasteiger partial charge in [-0.25, -0.2) is 0 Å². The van der Waals surface area contributed by atoms with Gasteiger partial charge in [0.1, 0.15) is 0 Å². The SMILES string of the molecule is NC(c1cccnc1)c1cccc(Br)c1. The van der Waals surface area contributed by atoms with E-state index in [1.54, 1.807) is 12.4 Å². The zero-order valence-corrected chi connectivity index (χ0v) is 9.68. The lowest BCUT2D eigenvalue weighted by atomic mass is 10.0. The van der Waals surface area contributed by atoms with Crippen LogP contribution < -0.4 is 5.73 Å². The van der Waals surface area contributed by atoms with E-state index >= 15 is 0 Å². The van der Waals surface area contributed by atoms with Crippen LogP contribution in [0.4, 0.5) is 0 Å². The molecule has 0 amide bonds.